The number of unbranched alkanes of at least 4 members (excludes halogenated alkanes) is 1. The molecule has 0 aliphatic carbocycles. The van der Waals surface area contributed by atoms with Crippen molar-refractivity contribution in [3.8, 4) is 5.75 Å². The maximum Gasteiger partial charge on any atom is 0.316 e. The van der Waals surface area contributed by atoms with Gasteiger partial charge < -0.3 is 10.2 Å². The average Bonchev–Trinajstić information content (AvgIpc) is 2.31. The number of carbonyl (C=O) groups is 1. The minimum atomic E-state index is -0.734. The van der Waals surface area contributed by atoms with Gasteiger partial charge in [0.2, 0.25) is 0 Å². The molecule has 0 radical (unpaired) electrons. The first-order chi connectivity index (χ1) is 8.13. The van der Waals surface area contributed by atoms with E-state index in [9.17, 15) is 4.79 Å². The van der Waals surface area contributed by atoms with Crippen molar-refractivity contribution in [2.75, 3.05) is 0 Å². The Morgan fingerprint density at radius 3 is 2.53 bits per heavy atom. The summed E-state index contributed by atoms with van der Waals surface area (Å²) in [6.45, 7) is 2.06. The molecule has 1 atom stereocenters. The lowest BCUT2D eigenvalue weighted by atomic mass is 10.2. The smallest absolute Gasteiger partial charge is 0.316 e. The Balaban J connectivity index is 2.45. The van der Waals surface area contributed by atoms with E-state index in [4.69, 9.17) is 10.2 Å². The molecule has 0 saturated carbocycles. The summed E-state index contributed by atoms with van der Waals surface area (Å²) in [6.07, 6.45) is 2.68. The molecule has 3 nitrogen and oxygen atoms in total. The Hall–Kier alpha value is -1.16. The summed E-state index contributed by atoms with van der Waals surface area (Å²) in [4.78, 5) is 11.0. The molecular weight excluding hydrogens is 236 g/mol. The lowest BCUT2D eigenvalue weighted by Gasteiger charge is -2.11. The first-order valence-corrected chi connectivity index (χ1v) is 6.80. The number of hydrogen-bond donors (Lipinski definition) is 2. The van der Waals surface area contributed by atoms with Crippen LogP contribution in [0.4, 0.5) is 0 Å². The zero-order valence-corrected chi connectivity index (χ0v) is 10.7. The number of thioether (sulfide) groups is 1. The second-order valence-corrected chi connectivity index (χ2v) is 5.14. The molecule has 1 rings (SSSR count). The van der Waals surface area contributed by atoms with Gasteiger partial charge >= 0.3 is 5.97 Å². The second kappa shape index (κ2) is 7.22. The van der Waals surface area contributed by atoms with E-state index in [2.05, 4.69) is 6.92 Å². The average molecular weight is 254 g/mol. The van der Waals surface area contributed by atoms with E-state index in [0.717, 1.165) is 18.4 Å². The van der Waals surface area contributed by atoms with E-state index in [0.29, 0.717) is 12.2 Å². The molecule has 1 aromatic rings. The van der Waals surface area contributed by atoms with Gasteiger partial charge in [0.05, 0.1) is 0 Å². The van der Waals surface area contributed by atoms with Crippen LogP contribution >= 0.6 is 11.8 Å². The summed E-state index contributed by atoms with van der Waals surface area (Å²) in [6, 6.07) is 6.89. The van der Waals surface area contributed by atoms with Crippen LogP contribution < -0.4 is 0 Å². The summed E-state index contributed by atoms with van der Waals surface area (Å²) in [5.74, 6) is 0.169. The standard InChI is InChI=1S/C13H18O3S/c1-2-3-4-12(13(15)16)17-9-10-5-7-11(14)8-6-10/h5-8,12,14H,2-4,9H2,1H3,(H,15,16). The predicted molar refractivity (Wildman–Crippen MR) is 70.4 cm³/mol. The third kappa shape index (κ3) is 5.13. The van der Waals surface area contributed by atoms with E-state index < -0.39 is 5.97 Å². The van der Waals surface area contributed by atoms with Crippen LogP contribution in [0, 0.1) is 0 Å². The van der Waals surface area contributed by atoms with Gasteiger partial charge in [0.25, 0.3) is 0 Å². The van der Waals surface area contributed by atoms with Gasteiger partial charge in [0.1, 0.15) is 11.0 Å². The quantitative estimate of drug-likeness (QED) is 0.784. The van der Waals surface area contributed by atoms with E-state index in [-0.39, 0.29) is 11.0 Å². The SMILES string of the molecule is CCCCC(SCc1ccc(O)cc1)C(=O)O. The number of benzene rings is 1. The Kier molecular flexibility index (Phi) is 5.91. The summed E-state index contributed by atoms with van der Waals surface area (Å²) in [5, 5.41) is 17.9. The van der Waals surface area contributed by atoms with Gasteiger partial charge in [-0.2, -0.15) is 0 Å². The molecule has 0 spiro atoms. The van der Waals surface area contributed by atoms with Gasteiger partial charge in [-0.1, -0.05) is 31.9 Å². The molecule has 1 aromatic carbocycles. The fourth-order valence-electron chi connectivity index (χ4n) is 1.46. The van der Waals surface area contributed by atoms with Crippen LogP contribution in [-0.4, -0.2) is 21.4 Å². The highest BCUT2D eigenvalue weighted by molar-refractivity contribution is 7.99. The molecule has 94 valence electrons. The maximum atomic E-state index is 11.0. The molecular formula is C13H18O3S. The lowest BCUT2D eigenvalue weighted by molar-refractivity contribution is -0.136. The van der Waals surface area contributed by atoms with Crippen molar-refractivity contribution in [2.24, 2.45) is 0 Å². The number of phenolic OH excluding ortho intramolecular Hbond substituents is 1. The highest BCUT2D eigenvalue weighted by Crippen LogP contribution is 2.23. The molecule has 0 fully saturated rings. The van der Waals surface area contributed by atoms with Gasteiger partial charge in [0, 0.05) is 5.75 Å². The first-order valence-electron chi connectivity index (χ1n) is 5.75. The number of aliphatic carboxylic acids is 1. The van der Waals surface area contributed by atoms with Crippen LogP contribution in [0.2, 0.25) is 0 Å². The largest absolute Gasteiger partial charge is 0.508 e. The fraction of sp³-hybridized carbons (Fsp3) is 0.462. The third-order valence-electron chi connectivity index (χ3n) is 2.48. The second-order valence-electron chi connectivity index (χ2n) is 3.95. The van der Waals surface area contributed by atoms with Crippen molar-refractivity contribution in [1.82, 2.24) is 0 Å². The van der Waals surface area contributed by atoms with Crippen LogP contribution in [-0.2, 0) is 10.5 Å². The minimum absolute atomic E-state index is 0.236. The molecule has 0 aromatic heterocycles. The molecule has 1 unspecified atom stereocenters. The summed E-state index contributed by atoms with van der Waals surface area (Å²) in [5.41, 5.74) is 1.04. The normalized spacial score (nSPS) is 12.3. The van der Waals surface area contributed by atoms with Gasteiger partial charge in [0.15, 0.2) is 0 Å². The molecule has 0 heterocycles. The first kappa shape index (κ1) is 13.9. The number of rotatable bonds is 7. The van der Waals surface area contributed by atoms with Crippen molar-refractivity contribution in [1.29, 1.82) is 0 Å². The van der Waals surface area contributed by atoms with E-state index >= 15 is 0 Å². The number of phenols is 1. The highest BCUT2D eigenvalue weighted by atomic mass is 32.2. The summed E-state index contributed by atoms with van der Waals surface area (Å²) < 4.78 is 0. The van der Waals surface area contributed by atoms with Gasteiger partial charge in [-0.3, -0.25) is 4.79 Å². The molecule has 0 aliphatic rings. The molecule has 0 amide bonds. The summed E-state index contributed by atoms with van der Waals surface area (Å²) in [7, 11) is 0. The lowest BCUT2D eigenvalue weighted by Crippen LogP contribution is -2.16. The highest BCUT2D eigenvalue weighted by Gasteiger charge is 2.16. The molecule has 0 aliphatic heterocycles. The maximum absolute atomic E-state index is 11.0. The van der Waals surface area contributed by atoms with Crippen molar-refractivity contribution in [3.63, 3.8) is 0 Å². The molecule has 4 heteroatoms. The van der Waals surface area contributed by atoms with Crippen molar-refractivity contribution in [3.05, 3.63) is 29.8 Å². The Labute approximate surface area is 106 Å². The van der Waals surface area contributed by atoms with Crippen molar-refractivity contribution >= 4 is 17.7 Å². The Morgan fingerprint density at radius 2 is 2.00 bits per heavy atom. The zero-order valence-electron chi connectivity index (χ0n) is 9.93. The Bertz CT molecular complexity index is 348. The van der Waals surface area contributed by atoms with E-state index in [1.165, 1.54) is 11.8 Å². The van der Waals surface area contributed by atoms with Crippen molar-refractivity contribution < 1.29 is 15.0 Å². The van der Waals surface area contributed by atoms with E-state index in [1.54, 1.807) is 12.1 Å². The fourth-order valence-corrected chi connectivity index (χ4v) is 2.52. The van der Waals surface area contributed by atoms with Crippen molar-refractivity contribution in [2.45, 2.75) is 37.2 Å². The van der Waals surface area contributed by atoms with Gasteiger partial charge in [-0.15, -0.1) is 11.8 Å². The van der Waals surface area contributed by atoms with Crippen LogP contribution in [0.1, 0.15) is 31.7 Å². The van der Waals surface area contributed by atoms with Crippen LogP contribution in [0.25, 0.3) is 0 Å². The molecule has 0 saturated heterocycles. The van der Waals surface area contributed by atoms with Crippen LogP contribution in [0.15, 0.2) is 24.3 Å². The topological polar surface area (TPSA) is 57.5 Å². The van der Waals surface area contributed by atoms with E-state index in [1.807, 2.05) is 12.1 Å². The number of hydrogen-bond acceptors (Lipinski definition) is 3. The number of carboxylic acids is 1. The molecule has 17 heavy (non-hydrogen) atoms. The molecule has 0 bridgehead atoms. The molecule has 2 N–H and O–H groups in total. The predicted octanol–water partition coefficient (Wildman–Crippen LogP) is 3.27. The zero-order chi connectivity index (χ0) is 12.7. The van der Waals surface area contributed by atoms with Gasteiger partial charge in [-0.05, 0) is 24.1 Å². The van der Waals surface area contributed by atoms with Crippen LogP contribution in [0.3, 0.4) is 0 Å². The minimum Gasteiger partial charge on any atom is -0.508 e. The monoisotopic (exact) mass is 254 g/mol. The summed E-state index contributed by atoms with van der Waals surface area (Å²) >= 11 is 1.45. The van der Waals surface area contributed by atoms with Crippen LogP contribution in [0.5, 0.6) is 5.75 Å². The van der Waals surface area contributed by atoms with Gasteiger partial charge in [-0.25, -0.2) is 0 Å². The number of carboxylic acid groups (broad SMARTS) is 1. The Morgan fingerprint density at radius 1 is 1.35 bits per heavy atom. The number of aromatic hydroxyl groups is 1. The third-order valence-corrected chi connectivity index (χ3v) is 3.82.